The molecule has 0 aliphatic heterocycles. The van der Waals surface area contributed by atoms with E-state index in [1.807, 2.05) is 0 Å². The highest BCUT2D eigenvalue weighted by molar-refractivity contribution is 14.0. The van der Waals surface area contributed by atoms with Gasteiger partial charge in [0.05, 0.1) is 27.2 Å². The van der Waals surface area contributed by atoms with E-state index >= 15 is 0 Å². The summed E-state index contributed by atoms with van der Waals surface area (Å²) in [5, 5.41) is 0. The molecule has 1 aliphatic rings. The van der Waals surface area contributed by atoms with Gasteiger partial charge in [0.1, 0.15) is 0 Å². The number of nitrogens with zero attached hydrogens (tertiary/aromatic N) is 1. The van der Waals surface area contributed by atoms with Crippen molar-refractivity contribution < 1.29 is 4.48 Å². The first-order valence-electron chi connectivity index (χ1n) is 5.07. The molecule has 13 heavy (non-hydrogen) atoms. The Morgan fingerprint density at radius 2 is 1.62 bits per heavy atom. The normalized spacial score (nSPS) is 26.8. The van der Waals surface area contributed by atoms with Gasteiger partial charge in [-0.1, -0.05) is 12.2 Å². The van der Waals surface area contributed by atoms with Crippen LogP contribution < -0.4 is 0 Å². The standard InChI is InChI=1S/C11H22N.HI/c1-12(2,3)11-9-7-5-4-6-8-10-11;/h4-5,11H,6-10H2,1-3H3;1H/q+1;/b5-4-;. The van der Waals surface area contributed by atoms with Crippen LogP contribution in [-0.4, -0.2) is 31.7 Å². The quantitative estimate of drug-likeness (QED) is 0.396. The summed E-state index contributed by atoms with van der Waals surface area (Å²) in [5.41, 5.74) is 0. The van der Waals surface area contributed by atoms with Gasteiger partial charge in [0.25, 0.3) is 0 Å². The Morgan fingerprint density at radius 1 is 1.00 bits per heavy atom. The summed E-state index contributed by atoms with van der Waals surface area (Å²) in [4.78, 5) is 0. The van der Waals surface area contributed by atoms with Crippen molar-refractivity contribution >= 4 is 24.0 Å². The molecule has 0 saturated carbocycles. The van der Waals surface area contributed by atoms with Gasteiger partial charge >= 0.3 is 0 Å². The maximum Gasteiger partial charge on any atom is 0.0887 e. The number of rotatable bonds is 1. The molecular weight excluding hydrogens is 273 g/mol. The smallest absolute Gasteiger partial charge is 0.0887 e. The molecule has 78 valence electrons. The molecule has 0 aromatic carbocycles. The number of hydrogen-bond acceptors (Lipinski definition) is 0. The Hall–Kier alpha value is 0.430. The van der Waals surface area contributed by atoms with E-state index in [-0.39, 0.29) is 24.0 Å². The van der Waals surface area contributed by atoms with E-state index in [2.05, 4.69) is 33.3 Å². The highest BCUT2D eigenvalue weighted by Crippen LogP contribution is 2.19. The third kappa shape index (κ3) is 5.01. The zero-order valence-corrected chi connectivity index (χ0v) is 11.5. The maximum absolute atomic E-state index is 2.35. The number of quaternary nitrogens is 1. The molecule has 1 aliphatic carbocycles. The van der Waals surface area contributed by atoms with E-state index in [1.54, 1.807) is 0 Å². The molecule has 0 bridgehead atoms. The average molecular weight is 296 g/mol. The molecule has 0 aromatic rings. The fourth-order valence-electron chi connectivity index (χ4n) is 1.91. The van der Waals surface area contributed by atoms with E-state index < -0.39 is 0 Å². The molecule has 1 rings (SSSR count). The zero-order chi connectivity index (χ0) is 9.03. The second kappa shape index (κ2) is 6.02. The minimum Gasteiger partial charge on any atom is -0.328 e. The van der Waals surface area contributed by atoms with Crippen molar-refractivity contribution in [2.75, 3.05) is 21.1 Å². The molecule has 0 amide bonds. The second-order valence-electron chi connectivity index (χ2n) is 4.75. The molecule has 2 heteroatoms. The molecule has 0 saturated heterocycles. The van der Waals surface area contributed by atoms with E-state index in [0.717, 1.165) is 10.5 Å². The van der Waals surface area contributed by atoms with Crippen molar-refractivity contribution in [2.24, 2.45) is 0 Å². The largest absolute Gasteiger partial charge is 0.328 e. The van der Waals surface area contributed by atoms with Crippen molar-refractivity contribution in [3.63, 3.8) is 0 Å². The van der Waals surface area contributed by atoms with Crippen molar-refractivity contribution in [3.05, 3.63) is 12.2 Å². The lowest BCUT2D eigenvalue weighted by Crippen LogP contribution is -2.45. The number of halogens is 1. The van der Waals surface area contributed by atoms with Gasteiger partial charge in [-0.3, -0.25) is 0 Å². The summed E-state index contributed by atoms with van der Waals surface area (Å²) in [5.74, 6) is 0. The summed E-state index contributed by atoms with van der Waals surface area (Å²) in [7, 11) is 6.95. The van der Waals surface area contributed by atoms with Crippen LogP contribution in [0.15, 0.2) is 12.2 Å². The number of allylic oxidation sites excluding steroid dienone is 2. The number of hydrogen-bond donors (Lipinski definition) is 0. The third-order valence-corrected chi connectivity index (χ3v) is 2.84. The first kappa shape index (κ1) is 13.4. The van der Waals surface area contributed by atoms with Crippen molar-refractivity contribution in [3.8, 4) is 0 Å². The topological polar surface area (TPSA) is 0 Å². The van der Waals surface area contributed by atoms with E-state index in [4.69, 9.17) is 0 Å². The second-order valence-corrected chi connectivity index (χ2v) is 4.75. The van der Waals surface area contributed by atoms with Crippen LogP contribution in [0.1, 0.15) is 32.1 Å². The minimum atomic E-state index is 0. The lowest BCUT2D eigenvalue weighted by atomic mass is 9.99. The predicted molar refractivity (Wildman–Crippen MR) is 69.5 cm³/mol. The SMILES string of the molecule is C[N+](C)(C)C1CC/C=C\CCC1.I. The highest BCUT2D eigenvalue weighted by atomic mass is 127. The molecule has 0 aromatic heterocycles. The summed E-state index contributed by atoms with van der Waals surface area (Å²) < 4.78 is 1.13. The average Bonchev–Trinajstić information content (AvgIpc) is 1.81. The van der Waals surface area contributed by atoms with Crippen molar-refractivity contribution in [1.29, 1.82) is 0 Å². The van der Waals surface area contributed by atoms with Crippen molar-refractivity contribution in [2.45, 2.75) is 38.1 Å². The lowest BCUT2D eigenvalue weighted by molar-refractivity contribution is -0.896. The van der Waals surface area contributed by atoms with Crippen LogP contribution in [0.3, 0.4) is 0 Å². The summed E-state index contributed by atoms with van der Waals surface area (Å²) in [6.07, 6.45) is 11.4. The Balaban J connectivity index is 0.00000144. The minimum absolute atomic E-state index is 0. The first-order chi connectivity index (χ1) is 5.61. The van der Waals surface area contributed by atoms with Gasteiger partial charge in [-0.15, -0.1) is 24.0 Å². The molecule has 0 N–H and O–H groups in total. The summed E-state index contributed by atoms with van der Waals surface area (Å²) in [6, 6.07) is 0.870. The molecule has 1 unspecified atom stereocenters. The fraction of sp³-hybridized carbons (Fsp3) is 0.818. The van der Waals surface area contributed by atoms with Gasteiger partial charge in [-0.2, -0.15) is 0 Å². The fourth-order valence-corrected chi connectivity index (χ4v) is 1.91. The Labute approximate surface area is 99.8 Å². The van der Waals surface area contributed by atoms with Crippen LogP contribution >= 0.6 is 24.0 Å². The summed E-state index contributed by atoms with van der Waals surface area (Å²) >= 11 is 0. The molecule has 0 fully saturated rings. The van der Waals surface area contributed by atoms with E-state index in [9.17, 15) is 0 Å². The van der Waals surface area contributed by atoms with Gasteiger partial charge in [-0.05, 0) is 25.7 Å². The predicted octanol–water partition coefficient (Wildman–Crippen LogP) is 3.20. The Kier molecular flexibility index (Phi) is 6.21. The van der Waals surface area contributed by atoms with E-state index in [1.165, 1.54) is 32.1 Å². The molecular formula is C11H23IN+. The Morgan fingerprint density at radius 3 is 2.23 bits per heavy atom. The van der Waals surface area contributed by atoms with Crippen LogP contribution in [-0.2, 0) is 0 Å². The monoisotopic (exact) mass is 296 g/mol. The van der Waals surface area contributed by atoms with Crippen LogP contribution in [0.25, 0.3) is 0 Å². The molecule has 0 spiro atoms. The van der Waals surface area contributed by atoms with Crippen LogP contribution in [0.4, 0.5) is 0 Å². The maximum atomic E-state index is 2.35. The zero-order valence-electron chi connectivity index (χ0n) is 9.12. The van der Waals surface area contributed by atoms with Gasteiger partial charge in [0.2, 0.25) is 0 Å². The van der Waals surface area contributed by atoms with Gasteiger partial charge in [0.15, 0.2) is 0 Å². The van der Waals surface area contributed by atoms with Crippen molar-refractivity contribution in [1.82, 2.24) is 0 Å². The molecule has 0 radical (unpaired) electrons. The Bertz CT molecular complexity index is 158. The summed E-state index contributed by atoms with van der Waals surface area (Å²) in [6.45, 7) is 0. The lowest BCUT2D eigenvalue weighted by Gasteiger charge is -2.34. The third-order valence-electron chi connectivity index (χ3n) is 2.84. The molecule has 1 atom stereocenters. The molecule has 1 nitrogen and oxygen atoms in total. The van der Waals surface area contributed by atoms with Gasteiger partial charge in [-0.25, -0.2) is 0 Å². The molecule has 0 heterocycles. The highest BCUT2D eigenvalue weighted by Gasteiger charge is 2.22. The van der Waals surface area contributed by atoms with Crippen LogP contribution in [0.5, 0.6) is 0 Å². The van der Waals surface area contributed by atoms with Gasteiger partial charge in [0, 0.05) is 6.42 Å². The van der Waals surface area contributed by atoms with Gasteiger partial charge < -0.3 is 4.48 Å². The van der Waals surface area contributed by atoms with E-state index in [0.29, 0.717) is 0 Å². The van der Waals surface area contributed by atoms with Crippen LogP contribution in [0.2, 0.25) is 0 Å². The van der Waals surface area contributed by atoms with Crippen LogP contribution in [0, 0.1) is 0 Å². The first-order valence-corrected chi connectivity index (χ1v) is 5.07.